The Kier molecular flexibility index (Phi) is 3.97. The van der Waals surface area contributed by atoms with Gasteiger partial charge >= 0.3 is 0 Å². The molecule has 1 N–H and O–H groups in total. The van der Waals surface area contributed by atoms with Gasteiger partial charge < -0.3 is 9.88 Å². The normalized spacial score (nSPS) is 11.6. The Morgan fingerprint density at radius 1 is 1.39 bits per heavy atom. The first-order chi connectivity index (χ1) is 8.61. The molecule has 0 atom stereocenters. The lowest BCUT2D eigenvalue weighted by Gasteiger charge is -2.10. The Balaban J connectivity index is 2.40. The summed E-state index contributed by atoms with van der Waals surface area (Å²) in [4.78, 5) is 4.52. The van der Waals surface area contributed by atoms with E-state index in [0.717, 1.165) is 29.8 Å². The molecule has 0 fully saturated rings. The molecular formula is C14H20FN3. The van der Waals surface area contributed by atoms with E-state index in [1.807, 2.05) is 6.07 Å². The number of aromatic nitrogens is 2. The second-order valence-electron chi connectivity index (χ2n) is 4.85. The van der Waals surface area contributed by atoms with Crippen LogP contribution in [-0.2, 0) is 13.1 Å². The van der Waals surface area contributed by atoms with Crippen molar-refractivity contribution in [3.63, 3.8) is 0 Å². The average Bonchev–Trinajstić information content (AvgIpc) is 2.64. The number of benzene rings is 1. The van der Waals surface area contributed by atoms with Gasteiger partial charge in [0.25, 0.3) is 0 Å². The van der Waals surface area contributed by atoms with Crippen LogP contribution < -0.4 is 5.32 Å². The van der Waals surface area contributed by atoms with Gasteiger partial charge in [-0.05, 0) is 18.6 Å². The third kappa shape index (κ3) is 2.70. The van der Waals surface area contributed by atoms with Gasteiger partial charge in [0.1, 0.15) is 11.6 Å². The lowest BCUT2D eigenvalue weighted by Crippen LogP contribution is -2.24. The molecular weight excluding hydrogens is 229 g/mol. The molecule has 4 heteroatoms. The van der Waals surface area contributed by atoms with Crippen LogP contribution in [0, 0.1) is 5.82 Å². The number of fused-ring (bicyclic) bond motifs is 1. The van der Waals surface area contributed by atoms with Crippen LogP contribution in [0.2, 0.25) is 0 Å². The summed E-state index contributed by atoms with van der Waals surface area (Å²) in [5.74, 6) is 0.748. The van der Waals surface area contributed by atoms with Gasteiger partial charge in [-0.15, -0.1) is 0 Å². The van der Waals surface area contributed by atoms with E-state index in [-0.39, 0.29) is 5.82 Å². The summed E-state index contributed by atoms with van der Waals surface area (Å²) in [6.07, 6.45) is 1.04. The van der Waals surface area contributed by atoms with Gasteiger partial charge in [-0.25, -0.2) is 9.37 Å². The summed E-state index contributed by atoms with van der Waals surface area (Å²) in [5.41, 5.74) is 1.75. The van der Waals surface area contributed by atoms with E-state index in [2.05, 4.69) is 35.6 Å². The molecule has 0 aliphatic heterocycles. The van der Waals surface area contributed by atoms with E-state index in [1.54, 1.807) is 0 Å². The average molecular weight is 249 g/mol. The van der Waals surface area contributed by atoms with Crippen LogP contribution in [0.25, 0.3) is 11.0 Å². The fourth-order valence-corrected chi connectivity index (χ4v) is 2.06. The standard InChI is InChI=1S/C14H20FN3/c1-4-7-18-13-6-5-11(15)8-12(13)17-14(18)9-16-10(2)3/h5-6,8,10,16H,4,7,9H2,1-3H3. The predicted molar refractivity (Wildman–Crippen MR) is 72.0 cm³/mol. The van der Waals surface area contributed by atoms with Crippen LogP contribution in [0.4, 0.5) is 4.39 Å². The molecule has 0 saturated carbocycles. The van der Waals surface area contributed by atoms with Crippen LogP contribution in [0.1, 0.15) is 33.0 Å². The molecule has 0 aliphatic carbocycles. The highest BCUT2D eigenvalue weighted by molar-refractivity contribution is 5.76. The predicted octanol–water partition coefficient (Wildman–Crippen LogP) is 3.08. The molecule has 0 radical (unpaired) electrons. The van der Waals surface area contributed by atoms with Gasteiger partial charge in [0.05, 0.1) is 17.6 Å². The Labute approximate surface area is 107 Å². The van der Waals surface area contributed by atoms with Crippen LogP contribution in [0.3, 0.4) is 0 Å². The second kappa shape index (κ2) is 5.48. The number of halogens is 1. The summed E-state index contributed by atoms with van der Waals surface area (Å²) < 4.78 is 15.4. The number of hydrogen-bond donors (Lipinski definition) is 1. The molecule has 3 nitrogen and oxygen atoms in total. The van der Waals surface area contributed by atoms with Crippen molar-refractivity contribution in [3.05, 3.63) is 29.8 Å². The minimum Gasteiger partial charge on any atom is -0.327 e. The van der Waals surface area contributed by atoms with E-state index in [1.165, 1.54) is 12.1 Å². The minimum absolute atomic E-state index is 0.230. The number of imidazole rings is 1. The van der Waals surface area contributed by atoms with Crippen LogP contribution in [0.15, 0.2) is 18.2 Å². The maximum absolute atomic E-state index is 13.2. The summed E-state index contributed by atoms with van der Waals surface area (Å²) in [6.45, 7) is 7.97. The molecule has 2 aromatic rings. The van der Waals surface area contributed by atoms with Gasteiger partial charge in [0.2, 0.25) is 0 Å². The maximum Gasteiger partial charge on any atom is 0.125 e. The monoisotopic (exact) mass is 249 g/mol. The van der Waals surface area contributed by atoms with E-state index >= 15 is 0 Å². The van der Waals surface area contributed by atoms with Gasteiger partial charge in [0, 0.05) is 18.7 Å². The zero-order chi connectivity index (χ0) is 13.1. The molecule has 1 aromatic carbocycles. The van der Waals surface area contributed by atoms with E-state index < -0.39 is 0 Å². The van der Waals surface area contributed by atoms with E-state index in [0.29, 0.717) is 12.6 Å². The molecule has 0 amide bonds. The van der Waals surface area contributed by atoms with Crippen molar-refractivity contribution >= 4 is 11.0 Å². The summed E-state index contributed by atoms with van der Waals surface area (Å²) in [5, 5.41) is 3.36. The quantitative estimate of drug-likeness (QED) is 0.882. The highest BCUT2D eigenvalue weighted by Crippen LogP contribution is 2.18. The van der Waals surface area contributed by atoms with E-state index in [4.69, 9.17) is 0 Å². The molecule has 1 aromatic heterocycles. The molecule has 0 spiro atoms. The van der Waals surface area contributed by atoms with Crippen LogP contribution in [-0.4, -0.2) is 15.6 Å². The van der Waals surface area contributed by atoms with Gasteiger partial charge in [-0.2, -0.15) is 0 Å². The lowest BCUT2D eigenvalue weighted by molar-refractivity contribution is 0.546. The Hall–Kier alpha value is -1.42. The lowest BCUT2D eigenvalue weighted by atomic mass is 10.3. The number of nitrogens with zero attached hydrogens (tertiary/aromatic N) is 2. The minimum atomic E-state index is -0.230. The van der Waals surface area contributed by atoms with Crippen molar-refractivity contribution in [2.24, 2.45) is 0 Å². The zero-order valence-corrected chi connectivity index (χ0v) is 11.2. The third-order valence-electron chi connectivity index (χ3n) is 2.90. The van der Waals surface area contributed by atoms with Crippen molar-refractivity contribution < 1.29 is 4.39 Å². The Morgan fingerprint density at radius 3 is 2.83 bits per heavy atom. The number of rotatable bonds is 5. The summed E-state index contributed by atoms with van der Waals surface area (Å²) in [7, 11) is 0. The largest absolute Gasteiger partial charge is 0.327 e. The molecule has 1 heterocycles. The summed E-state index contributed by atoms with van der Waals surface area (Å²) >= 11 is 0. The topological polar surface area (TPSA) is 29.9 Å². The van der Waals surface area contributed by atoms with Crippen LogP contribution in [0.5, 0.6) is 0 Å². The third-order valence-corrected chi connectivity index (χ3v) is 2.90. The van der Waals surface area contributed by atoms with Gasteiger partial charge in [0.15, 0.2) is 0 Å². The zero-order valence-electron chi connectivity index (χ0n) is 11.2. The smallest absolute Gasteiger partial charge is 0.125 e. The SMILES string of the molecule is CCCn1c(CNC(C)C)nc2cc(F)ccc21. The van der Waals surface area contributed by atoms with Crippen molar-refractivity contribution in [2.45, 2.75) is 46.3 Å². The number of aryl methyl sites for hydroxylation is 1. The first kappa shape index (κ1) is 13.0. The number of hydrogen-bond acceptors (Lipinski definition) is 2. The van der Waals surface area contributed by atoms with Crippen molar-refractivity contribution in [1.29, 1.82) is 0 Å². The second-order valence-corrected chi connectivity index (χ2v) is 4.85. The molecule has 0 bridgehead atoms. The molecule has 0 aliphatic rings. The maximum atomic E-state index is 13.2. The first-order valence-corrected chi connectivity index (χ1v) is 6.50. The van der Waals surface area contributed by atoms with Crippen LogP contribution >= 0.6 is 0 Å². The van der Waals surface area contributed by atoms with Gasteiger partial charge in [-0.1, -0.05) is 20.8 Å². The molecule has 2 rings (SSSR count). The highest BCUT2D eigenvalue weighted by atomic mass is 19.1. The number of nitrogens with one attached hydrogen (secondary N) is 1. The van der Waals surface area contributed by atoms with E-state index in [9.17, 15) is 4.39 Å². The highest BCUT2D eigenvalue weighted by Gasteiger charge is 2.10. The molecule has 0 unspecified atom stereocenters. The fraction of sp³-hybridized carbons (Fsp3) is 0.500. The Morgan fingerprint density at radius 2 is 2.17 bits per heavy atom. The molecule has 18 heavy (non-hydrogen) atoms. The van der Waals surface area contributed by atoms with Crippen molar-refractivity contribution in [1.82, 2.24) is 14.9 Å². The first-order valence-electron chi connectivity index (χ1n) is 6.50. The fourth-order valence-electron chi connectivity index (χ4n) is 2.06. The Bertz CT molecular complexity index is 531. The van der Waals surface area contributed by atoms with Crippen molar-refractivity contribution in [3.8, 4) is 0 Å². The van der Waals surface area contributed by atoms with Gasteiger partial charge in [-0.3, -0.25) is 0 Å². The molecule has 0 saturated heterocycles. The molecule has 98 valence electrons. The van der Waals surface area contributed by atoms with Crippen molar-refractivity contribution in [2.75, 3.05) is 0 Å². The summed E-state index contributed by atoms with van der Waals surface area (Å²) in [6, 6.07) is 5.22.